The highest BCUT2D eigenvalue weighted by molar-refractivity contribution is 5.57. The molecule has 1 heterocycles. The van der Waals surface area contributed by atoms with Gasteiger partial charge in [0.2, 0.25) is 0 Å². The van der Waals surface area contributed by atoms with E-state index in [1.54, 1.807) is 5.57 Å². The predicted octanol–water partition coefficient (Wildman–Crippen LogP) is 3.84. The molecule has 0 atom stereocenters. The fourth-order valence-electron chi connectivity index (χ4n) is 2.18. The zero-order chi connectivity index (χ0) is 9.97. The lowest BCUT2D eigenvalue weighted by Gasteiger charge is -2.12. The molecule has 14 heavy (non-hydrogen) atoms. The summed E-state index contributed by atoms with van der Waals surface area (Å²) in [5.41, 5.74) is 5.78. The third kappa shape index (κ3) is 1.92. The monoisotopic (exact) mass is 189 g/mol. The molecule has 1 N–H and O–H groups in total. The van der Waals surface area contributed by atoms with Crippen LogP contribution in [-0.4, -0.2) is 4.98 Å². The van der Waals surface area contributed by atoms with Crippen molar-refractivity contribution in [3.63, 3.8) is 0 Å². The molecule has 0 aliphatic heterocycles. The van der Waals surface area contributed by atoms with Crippen LogP contribution in [0.5, 0.6) is 0 Å². The summed E-state index contributed by atoms with van der Waals surface area (Å²) >= 11 is 0. The van der Waals surface area contributed by atoms with Crippen LogP contribution in [0.25, 0.3) is 6.08 Å². The van der Waals surface area contributed by atoms with Crippen LogP contribution < -0.4 is 0 Å². The Kier molecular flexibility index (Phi) is 2.76. The van der Waals surface area contributed by atoms with Gasteiger partial charge in [-0.05, 0) is 50.3 Å². The van der Waals surface area contributed by atoms with Gasteiger partial charge in [0.05, 0.1) is 0 Å². The van der Waals surface area contributed by atoms with Crippen LogP contribution in [0.2, 0.25) is 0 Å². The van der Waals surface area contributed by atoms with Crippen molar-refractivity contribution in [2.45, 2.75) is 46.0 Å². The first kappa shape index (κ1) is 9.57. The number of unbranched alkanes of at least 4 members (excludes halogenated alkanes) is 1. The highest BCUT2D eigenvalue weighted by Crippen LogP contribution is 2.26. The number of aryl methyl sites for hydroxylation is 2. The summed E-state index contributed by atoms with van der Waals surface area (Å²) in [6.07, 6.45) is 8.78. The van der Waals surface area contributed by atoms with Gasteiger partial charge in [0, 0.05) is 11.4 Å². The van der Waals surface area contributed by atoms with Crippen molar-refractivity contribution in [2.75, 3.05) is 0 Å². The van der Waals surface area contributed by atoms with Crippen LogP contribution >= 0.6 is 0 Å². The van der Waals surface area contributed by atoms with Crippen molar-refractivity contribution >= 4 is 6.08 Å². The Morgan fingerprint density at radius 3 is 3.00 bits per heavy atom. The van der Waals surface area contributed by atoms with Crippen molar-refractivity contribution in [1.82, 2.24) is 4.98 Å². The normalized spacial score (nSPS) is 15.1. The highest BCUT2D eigenvalue weighted by Gasteiger charge is 2.11. The molecule has 1 aliphatic carbocycles. The van der Waals surface area contributed by atoms with Crippen LogP contribution in [0.15, 0.2) is 11.6 Å². The van der Waals surface area contributed by atoms with Crippen molar-refractivity contribution in [2.24, 2.45) is 0 Å². The van der Waals surface area contributed by atoms with E-state index in [1.165, 1.54) is 49.1 Å². The largest absolute Gasteiger partial charge is 0.359 e. The van der Waals surface area contributed by atoms with Gasteiger partial charge in [0.25, 0.3) is 0 Å². The predicted molar refractivity (Wildman–Crippen MR) is 61.4 cm³/mol. The summed E-state index contributed by atoms with van der Waals surface area (Å²) in [6.45, 7) is 4.39. The van der Waals surface area contributed by atoms with E-state index in [0.29, 0.717) is 0 Å². The van der Waals surface area contributed by atoms with E-state index in [-0.39, 0.29) is 0 Å². The summed E-state index contributed by atoms with van der Waals surface area (Å²) in [5, 5.41) is 0. The number of allylic oxidation sites excluding steroid dienone is 1. The van der Waals surface area contributed by atoms with Crippen molar-refractivity contribution in [3.05, 3.63) is 28.6 Å². The maximum absolute atomic E-state index is 3.43. The van der Waals surface area contributed by atoms with E-state index >= 15 is 0 Å². The van der Waals surface area contributed by atoms with Gasteiger partial charge in [-0.1, -0.05) is 18.9 Å². The van der Waals surface area contributed by atoms with Crippen LogP contribution in [0, 0.1) is 6.92 Å². The SMILES string of the molecule is CCCCC1=Cc2[nH]c(C)cc2CC1. The molecular formula is C13H19N. The molecule has 0 unspecified atom stereocenters. The maximum atomic E-state index is 3.43. The Labute approximate surface area is 86.2 Å². The molecule has 0 aromatic carbocycles. The Balaban J connectivity index is 2.13. The van der Waals surface area contributed by atoms with Gasteiger partial charge < -0.3 is 4.98 Å². The smallest absolute Gasteiger partial charge is 0.0414 e. The summed E-state index contributed by atoms with van der Waals surface area (Å²) in [6, 6.07) is 2.28. The van der Waals surface area contributed by atoms with Gasteiger partial charge in [-0.2, -0.15) is 0 Å². The number of hydrogen-bond acceptors (Lipinski definition) is 0. The van der Waals surface area contributed by atoms with E-state index in [2.05, 4.69) is 31.0 Å². The summed E-state index contributed by atoms with van der Waals surface area (Å²) in [5.74, 6) is 0. The molecule has 0 fully saturated rings. The first-order valence-electron chi connectivity index (χ1n) is 5.67. The average molecular weight is 189 g/mol. The molecule has 76 valence electrons. The molecule has 0 amide bonds. The van der Waals surface area contributed by atoms with E-state index < -0.39 is 0 Å². The molecule has 0 spiro atoms. The van der Waals surface area contributed by atoms with Gasteiger partial charge in [0.1, 0.15) is 0 Å². The lowest BCUT2D eigenvalue weighted by atomic mass is 9.94. The van der Waals surface area contributed by atoms with E-state index in [0.717, 1.165) is 0 Å². The lowest BCUT2D eigenvalue weighted by molar-refractivity contribution is 0.748. The minimum Gasteiger partial charge on any atom is -0.359 e. The molecule has 0 saturated carbocycles. The average Bonchev–Trinajstić information content (AvgIpc) is 2.54. The first-order valence-corrected chi connectivity index (χ1v) is 5.67. The Bertz CT molecular complexity index is 344. The number of aromatic nitrogens is 1. The fraction of sp³-hybridized carbons (Fsp3) is 0.538. The van der Waals surface area contributed by atoms with E-state index in [1.807, 2.05) is 0 Å². The Hall–Kier alpha value is -0.980. The highest BCUT2D eigenvalue weighted by atomic mass is 14.7. The topological polar surface area (TPSA) is 15.8 Å². The van der Waals surface area contributed by atoms with Gasteiger partial charge in [0.15, 0.2) is 0 Å². The third-order valence-corrected chi connectivity index (χ3v) is 2.98. The summed E-state index contributed by atoms with van der Waals surface area (Å²) < 4.78 is 0. The van der Waals surface area contributed by atoms with Crippen LogP contribution in [0.3, 0.4) is 0 Å². The minimum atomic E-state index is 1.23. The molecule has 2 rings (SSSR count). The second-order valence-electron chi connectivity index (χ2n) is 4.30. The van der Waals surface area contributed by atoms with E-state index in [9.17, 15) is 0 Å². The van der Waals surface area contributed by atoms with Gasteiger partial charge in [-0.25, -0.2) is 0 Å². The molecule has 0 radical (unpaired) electrons. The molecule has 1 aromatic rings. The minimum absolute atomic E-state index is 1.23. The first-order chi connectivity index (χ1) is 6.79. The number of hydrogen-bond donors (Lipinski definition) is 1. The molecule has 0 bridgehead atoms. The van der Waals surface area contributed by atoms with Crippen LogP contribution in [0.1, 0.15) is 49.6 Å². The molecule has 0 saturated heterocycles. The zero-order valence-corrected chi connectivity index (χ0v) is 9.19. The molecule has 1 aromatic heterocycles. The number of nitrogens with one attached hydrogen (secondary N) is 1. The molecule has 1 heteroatoms. The second-order valence-corrected chi connectivity index (χ2v) is 4.30. The van der Waals surface area contributed by atoms with Gasteiger partial charge in [-0.15, -0.1) is 0 Å². The van der Waals surface area contributed by atoms with E-state index in [4.69, 9.17) is 0 Å². The third-order valence-electron chi connectivity index (χ3n) is 2.98. The number of H-pyrrole nitrogens is 1. The lowest BCUT2D eigenvalue weighted by Crippen LogP contribution is -1.97. The second kappa shape index (κ2) is 4.04. The molecular weight excluding hydrogens is 170 g/mol. The Morgan fingerprint density at radius 2 is 2.21 bits per heavy atom. The number of rotatable bonds is 3. The maximum Gasteiger partial charge on any atom is 0.0414 e. The van der Waals surface area contributed by atoms with Gasteiger partial charge in [-0.3, -0.25) is 0 Å². The summed E-state index contributed by atoms with van der Waals surface area (Å²) in [7, 11) is 0. The van der Waals surface area contributed by atoms with Crippen LogP contribution in [-0.2, 0) is 6.42 Å². The van der Waals surface area contributed by atoms with Crippen LogP contribution in [0.4, 0.5) is 0 Å². The fourth-order valence-corrected chi connectivity index (χ4v) is 2.18. The van der Waals surface area contributed by atoms with Crippen molar-refractivity contribution < 1.29 is 0 Å². The standard InChI is InChI=1S/C13H19N/c1-3-4-5-11-6-7-12-8-10(2)14-13(12)9-11/h8-9,14H,3-7H2,1-2H3. The molecule has 1 nitrogen and oxygen atoms in total. The molecule has 1 aliphatic rings. The van der Waals surface area contributed by atoms with Gasteiger partial charge >= 0.3 is 0 Å². The summed E-state index contributed by atoms with van der Waals surface area (Å²) in [4.78, 5) is 3.43. The van der Waals surface area contributed by atoms with Crippen molar-refractivity contribution in [3.8, 4) is 0 Å². The quantitative estimate of drug-likeness (QED) is 0.743. The number of fused-ring (bicyclic) bond motifs is 1. The number of aromatic amines is 1. The van der Waals surface area contributed by atoms with Crippen molar-refractivity contribution in [1.29, 1.82) is 0 Å². The Morgan fingerprint density at radius 1 is 1.36 bits per heavy atom. The zero-order valence-electron chi connectivity index (χ0n) is 9.19.